The predicted octanol–water partition coefficient (Wildman–Crippen LogP) is 13.8. The van der Waals surface area contributed by atoms with Gasteiger partial charge in [0.15, 0.2) is 0 Å². The number of thiophene rings is 1. The smallest absolute Gasteiger partial charge is 0.136 e. The number of rotatable bonds is 3. The Morgan fingerprint density at radius 1 is 0.365 bits per heavy atom. The van der Waals surface area contributed by atoms with Crippen LogP contribution in [0, 0.1) is 0 Å². The van der Waals surface area contributed by atoms with E-state index in [-0.39, 0.29) is 0 Å². The Morgan fingerprint density at radius 2 is 1.00 bits per heavy atom. The molecular formula is C48H28N2OS. The molecule has 0 saturated heterocycles. The van der Waals surface area contributed by atoms with Gasteiger partial charge in [0.05, 0.1) is 26.8 Å². The lowest BCUT2D eigenvalue weighted by Gasteiger charge is -2.10. The Bertz CT molecular complexity index is 3400. The Hall–Kier alpha value is -6.62. The first kappa shape index (κ1) is 28.1. The summed E-state index contributed by atoms with van der Waals surface area (Å²) in [7, 11) is 0. The molecule has 0 amide bonds. The highest BCUT2D eigenvalue weighted by atomic mass is 32.1. The van der Waals surface area contributed by atoms with Crippen LogP contribution in [-0.4, -0.2) is 9.13 Å². The van der Waals surface area contributed by atoms with E-state index >= 15 is 0 Å². The molecule has 0 atom stereocenters. The van der Waals surface area contributed by atoms with Crippen molar-refractivity contribution in [2.75, 3.05) is 0 Å². The Kier molecular flexibility index (Phi) is 5.65. The van der Waals surface area contributed by atoms with Crippen LogP contribution in [0.25, 0.3) is 108 Å². The largest absolute Gasteiger partial charge is 0.456 e. The maximum atomic E-state index is 6.41. The third kappa shape index (κ3) is 3.84. The molecular weight excluding hydrogens is 653 g/mol. The van der Waals surface area contributed by atoms with Crippen LogP contribution in [0.1, 0.15) is 0 Å². The highest BCUT2D eigenvalue weighted by Gasteiger charge is 2.20. The van der Waals surface area contributed by atoms with Crippen LogP contribution < -0.4 is 0 Å². The summed E-state index contributed by atoms with van der Waals surface area (Å²) in [6, 6.07) is 61.7. The van der Waals surface area contributed by atoms with Crippen molar-refractivity contribution in [3.05, 3.63) is 170 Å². The lowest BCUT2D eigenvalue weighted by atomic mass is 10.0. The topological polar surface area (TPSA) is 23.0 Å². The molecule has 0 fully saturated rings. The van der Waals surface area contributed by atoms with E-state index < -0.39 is 0 Å². The zero-order valence-electron chi connectivity index (χ0n) is 27.9. The molecule has 0 aliphatic carbocycles. The first-order valence-electron chi connectivity index (χ1n) is 17.7. The van der Waals surface area contributed by atoms with Crippen molar-refractivity contribution in [3.63, 3.8) is 0 Å². The van der Waals surface area contributed by atoms with Crippen molar-refractivity contribution in [2.45, 2.75) is 0 Å². The van der Waals surface area contributed by atoms with Crippen molar-refractivity contribution in [1.82, 2.24) is 9.13 Å². The van der Waals surface area contributed by atoms with Crippen LogP contribution in [0.3, 0.4) is 0 Å². The highest BCUT2D eigenvalue weighted by molar-refractivity contribution is 7.26. The van der Waals surface area contributed by atoms with Gasteiger partial charge in [0.25, 0.3) is 0 Å². The minimum atomic E-state index is 0.910. The van der Waals surface area contributed by atoms with Crippen LogP contribution >= 0.6 is 11.3 Å². The third-order valence-electron chi connectivity index (χ3n) is 10.9. The summed E-state index contributed by atoms with van der Waals surface area (Å²) in [6.07, 6.45) is 0. The number of hydrogen-bond acceptors (Lipinski definition) is 2. The van der Waals surface area contributed by atoms with Crippen LogP contribution in [0.2, 0.25) is 0 Å². The molecule has 0 bridgehead atoms. The van der Waals surface area contributed by atoms with Crippen molar-refractivity contribution >= 4 is 97.1 Å². The number of para-hydroxylation sites is 3. The van der Waals surface area contributed by atoms with Gasteiger partial charge >= 0.3 is 0 Å². The van der Waals surface area contributed by atoms with Gasteiger partial charge in [-0.3, -0.25) is 0 Å². The number of benzene rings is 8. The van der Waals surface area contributed by atoms with Gasteiger partial charge in [0.1, 0.15) is 11.2 Å². The Labute approximate surface area is 301 Å². The second-order valence-corrected chi connectivity index (χ2v) is 14.8. The molecule has 3 nitrogen and oxygen atoms in total. The van der Waals surface area contributed by atoms with Crippen LogP contribution in [-0.2, 0) is 0 Å². The van der Waals surface area contributed by atoms with Gasteiger partial charge < -0.3 is 13.6 Å². The summed E-state index contributed by atoms with van der Waals surface area (Å²) < 4.78 is 13.9. The van der Waals surface area contributed by atoms with Gasteiger partial charge in [-0.1, -0.05) is 103 Å². The molecule has 12 rings (SSSR count). The van der Waals surface area contributed by atoms with Crippen LogP contribution in [0.5, 0.6) is 0 Å². The van der Waals surface area contributed by atoms with Crippen molar-refractivity contribution in [3.8, 4) is 22.5 Å². The summed E-state index contributed by atoms with van der Waals surface area (Å²) in [6.45, 7) is 0. The Balaban J connectivity index is 1.14. The van der Waals surface area contributed by atoms with Gasteiger partial charge in [-0.25, -0.2) is 0 Å². The van der Waals surface area contributed by atoms with Crippen LogP contribution in [0.4, 0.5) is 0 Å². The maximum Gasteiger partial charge on any atom is 0.136 e. The second-order valence-electron chi connectivity index (χ2n) is 13.7. The zero-order valence-corrected chi connectivity index (χ0v) is 28.7. The van der Waals surface area contributed by atoms with Gasteiger partial charge in [-0.15, -0.1) is 11.3 Å². The molecule has 0 unspecified atom stereocenters. The maximum absolute atomic E-state index is 6.41. The molecule has 0 N–H and O–H groups in total. The molecule has 4 heteroatoms. The van der Waals surface area contributed by atoms with E-state index in [1.807, 2.05) is 17.4 Å². The molecule has 0 saturated carbocycles. The van der Waals surface area contributed by atoms with E-state index in [9.17, 15) is 0 Å². The number of aromatic nitrogens is 2. The van der Waals surface area contributed by atoms with E-state index in [2.05, 4.69) is 173 Å². The van der Waals surface area contributed by atoms with Crippen LogP contribution in [0.15, 0.2) is 174 Å². The molecule has 0 spiro atoms. The predicted molar refractivity (Wildman–Crippen MR) is 221 cm³/mol. The van der Waals surface area contributed by atoms with Gasteiger partial charge in [0, 0.05) is 59.2 Å². The number of nitrogens with zero attached hydrogens (tertiary/aromatic N) is 2. The summed E-state index contributed by atoms with van der Waals surface area (Å²) in [4.78, 5) is 0. The summed E-state index contributed by atoms with van der Waals surface area (Å²) in [5.74, 6) is 0. The second kappa shape index (κ2) is 10.5. The molecule has 4 heterocycles. The van der Waals surface area contributed by atoms with Gasteiger partial charge in [0.2, 0.25) is 0 Å². The zero-order chi connectivity index (χ0) is 33.9. The molecule has 12 aromatic rings. The lowest BCUT2D eigenvalue weighted by Crippen LogP contribution is -1.94. The normalized spacial score (nSPS) is 12.2. The van der Waals surface area contributed by atoms with Crippen molar-refractivity contribution < 1.29 is 4.42 Å². The molecule has 242 valence electrons. The quantitative estimate of drug-likeness (QED) is 0.182. The lowest BCUT2D eigenvalue weighted by molar-refractivity contribution is 0.669. The molecule has 52 heavy (non-hydrogen) atoms. The van der Waals surface area contributed by atoms with E-state index in [1.54, 1.807) is 0 Å². The fourth-order valence-corrected chi connectivity index (χ4v) is 9.82. The average Bonchev–Trinajstić information content (AvgIpc) is 3.94. The molecule has 0 aliphatic heterocycles. The number of furan rings is 1. The van der Waals surface area contributed by atoms with E-state index in [0.29, 0.717) is 0 Å². The van der Waals surface area contributed by atoms with E-state index in [4.69, 9.17) is 4.42 Å². The van der Waals surface area contributed by atoms with Crippen molar-refractivity contribution in [2.24, 2.45) is 0 Å². The SMILES string of the molecule is c1ccc(-n2c3ccc(-c4ccc5c6ccc7c8ccccc8sc7c6n(-c6ccccc6)c5c4)cc3c3cc4oc5ccccc5c4cc32)cc1. The number of hydrogen-bond donors (Lipinski definition) is 0. The summed E-state index contributed by atoms with van der Waals surface area (Å²) >= 11 is 1.89. The first-order chi connectivity index (χ1) is 25.8. The fraction of sp³-hybridized carbons (Fsp3) is 0. The fourth-order valence-electron chi connectivity index (χ4n) is 8.58. The standard InChI is InChI=1S/C48H28N2OS/c1-3-11-31(12-4-1)49-41-24-20-29(25-38(41)39-28-45-40(27-43(39)49)34-15-7-9-17-44(34)51-45)30-19-21-33-36-22-23-37-35-16-8-10-18-46(35)52-48(37)47(36)50(42(33)26-30)32-13-5-2-6-14-32/h1-28H. The van der Waals surface area contributed by atoms with Gasteiger partial charge in [-0.05, 0) is 77.9 Å². The minimum absolute atomic E-state index is 0.910. The molecule has 4 aromatic heterocycles. The number of fused-ring (bicyclic) bond motifs is 13. The van der Waals surface area contributed by atoms with Gasteiger partial charge in [-0.2, -0.15) is 0 Å². The molecule has 0 radical (unpaired) electrons. The highest BCUT2D eigenvalue weighted by Crippen LogP contribution is 2.44. The van der Waals surface area contributed by atoms with E-state index in [1.165, 1.54) is 80.6 Å². The molecule has 8 aromatic carbocycles. The van der Waals surface area contributed by atoms with E-state index in [0.717, 1.165) is 27.6 Å². The monoisotopic (exact) mass is 680 g/mol. The third-order valence-corrected chi connectivity index (χ3v) is 12.1. The minimum Gasteiger partial charge on any atom is -0.456 e. The summed E-state index contributed by atoms with van der Waals surface area (Å²) in [5.41, 5.74) is 11.3. The van der Waals surface area contributed by atoms with Crippen molar-refractivity contribution in [1.29, 1.82) is 0 Å². The first-order valence-corrected chi connectivity index (χ1v) is 18.5. The summed E-state index contributed by atoms with van der Waals surface area (Å²) in [5, 5.41) is 9.82. The Morgan fingerprint density at radius 3 is 1.85 bits per heavy atom. The average molecular weight is 681 g/mol. The molecule has 0 aliphatic rings.